The molecule has 0 radical (unpaired) electrons. The second kappa shape index (κ2) is 6.20. The Morgan fingerprint density at radius 1 is 0.818 bits per heavy atom. The topological polar surface area (TPSA) is 145 Å². The molecule has 0 heterocycles. The molecular formula is C13H18O8S. The highest BCUT2D eigenvalue weighted by Gasteiger charge is 2.50. The van der Waals surface area contributed by atoms with Crippen LogP contribution in [0, 0.1) is 6.92 Å². The molecule has 0 spiro atoms. The lowest BCUT2D eigenvalue weighted by Crippen LogP contribution is -2.64. The summed E-state index contributed by atoms with van der Waals surface area (Å²) in [4.78, 5) is -0.201. The van der Waals surface area contributed by atoms with Crippen molar-refractivity contribution >= 4 is 10.1 Å². The summed E-state index contributed by atoms with van der Waals surface area (Å²) in [5.41, 5.74) is 0.825. The Labute approximate surface area is 127 Å². The molecule has 124 valence electrons. The molecule has 22 heavy (non-hydrogen) atoms. The summed E-state index contributed by atoms with van der Waals surface area (Å²) in [6.45, 7) is 1.76. The molecule has 1 aliphatic rings. The zero-order valence-electron chi connectivity index (χ0n) is 11.6. The van der Waals surface area contributed by atoms with Crippen molar-refractivity contribution in [2.24, 2.45) is 0 Å². The average Bonchev–Trinajstić information content (AvgIpc) is 2.48. The van der Waals surface area contributed by atoms with Crippen LogP contribution in [0.4, 0.5) is 0 Å². The van der Waals surface area contributed by atoms with Crippen LogP contribution >= 0.6 is 0 Å². The Morgan fingerprint density at radius 3 is 1.68 bits per heavy atom. The third-order valence-electron chi connectivity index (χ3n) is 3.62. The minimum Gasteiger partial charge on any atom is -0.387 e. The number of hydrogen-bond acceptors (Lipinski definition) is 8. The van der Waals surface area contributed by atoms with Crippen molar-refractivity contribution < 1.29 is 38.1 Å². The van der Waals surface area contributed by atoms with Crippen LogP contribution in [0.2, 0.25) is 0 Å². The van der Waals surface area contributed by atoms with Gasteiger partial charge in [0.1, 0.15) is 36.6 Å². The van der Waals surface area contributed by atoms with E-state index >= 15 is 0 Å². The number of aryl methyl sites for hydroxylation is 1. The van der Waals surface area contributed by atoms with E-state index in [4.69, 9.17) is 4.18 Å². The van der Waals surface area contributed by atoms with Gasteiger partial charge in [-0.2, -0.15) is 8.42 Å². The fourth-order valence-corrected chi connectivity index (χ4v) is 3.32. The van der Waals surface area contributed by atoms with E-state index in [0.717, 1.165) is 5.56 Å². The molecule has 1 aromatic rings. The standard InChI is InChI=1S/C13H18O8S/c1-6-2-4-7(5-3-6)22(19,20)21-13-11(17)9(15)8(14)10(16)12(13)18/h2-5,8-18H,1H3. The molecule has 1 fully saturated rings. The number of aliphatic hydroxyl groups is 5. The van der Waals surface area contributed by atoms with Crippen LogP contribution in [0.1, 0.15) is 5.56 Å². The highest BCUT2D eigenvalue weighted by molar-refractivity contribution is 7.86. The number of benzene rings is 1. The molecule has 1 saturated carbocycles. The van der Waals surface area contributed by atoms with Gasteiger partial charge in [-0.1, -0.05) is 17.7 Å². The maximum absolute atomic E-state index is 12.1. The Hall–Kier alpha value is -1.07. The molecule has 0 aromatic heterocycles. The average molecular weight is 334 g/mol. The van der Waals surface area contributed by atoms with Crippen LogP contribution in [-0.4, -0.2) is 70.6 Å². The molecule has 0 amide bonds. The van der Waals surface area contributed by atoms with Crippen molar-refractivity contribution in [2.75, 3.05) is 0 Å². The first-order valence-corrected chi connectivity index (χ1v) is 7.96. The molecular weight excluding hydrogens is 316 g/mol. The highest BCUT2D eigenvalue weighted by atomic mass is 32.2. The zero-order chi connectivity index (χ0) is 16.7. The molecule has 5 N–H and O–H groups in total. The van der Waals surface area contributed by atoms with E-state index in [-0.39, 0.29) is 4.90 Å². The highest BCUT2D eigenvalue weighted by Crippen LogP contribution is 2.27. The molecule has 1 aromatic carbocycles. The van der Waals surface area contributed by atoms with E-state index in [9.17, 15) is 34.0 Å². The quantitative estimate of drug-likeness (QED) is 0.395. The van der Waals surface area contributed by atoms with E-state index in [1.165, 1.54) is 24.3 Å². The molecule has 2 rings (SSSR count). The lowest BCUT2D eigenvalue weighted by molar-refractivity contribution is -0.216. The van der Waals surface area contributed by atoms with Gasteiger partial charge < -0.3 is 25.5 Å². The van der Waals surface area contributed by atoms with Crippen molar-refractivity contribution in [2.45, 2.75) is 48.4 Å². The van der Waals surface area contributed by atoms with Gasteiger partial charge in [0.05, 0.1) is 4.90 Å². The maximum Gasteiger partial charge on any atom is 0.297 e. The Bertz CT molecular complexity index is 597. The minimum atomic E-state index is -4.33. The molecule has 0 bridgehead atoms. The summed E-state index contributed by atoms with van der Waals surface area (Å²) >= 11 is 0. The van der Waals surface area contributed by atoms with Crippen molar-refractivity contribution in [1.29, 1.82) is 0 Å². The van der Waals surface area contributed by atoms with Gasteiger partial charge in [-0.05, 0) is 19.1 Å². The predicted molar refractivity (Wildman–Crippen MR) is 73.3 cm³/mol. The van der Waals surface area contributed by atoms with Gasteiger partial charge >= 0.3 is 0 Å². The predicted octanol–water partition coefficient (Wildman–Crippen LogP) is -2.11. The summed E-state index contributed by atoms with van der Waals surface area (Å²) in [5.74, 6) is 0. The van der Waals surface area contributed by atoms with Gasteiger partial charge in [0, 0.05) is 0 Å². The molecule has 0 aliphatic heterocycles. The van der Waals surface area contributed by atoms with Crippen molar-refractivity contribution in [3.63, 3.8) is 0 Å². The van der Waals surface area contributed by atoms with E-state index in [1.54, 1.807) is 6.92 Å². The first-order chi connectivity index (χ1) is 10.1. The summed E-state index contributed by atoms with van der Waals surface area (Å²) in [5, 5.41) is 48.1. The van der Waals surface area contributed by atoms with Crippen molar-refractivity contribution in [3.05, 3.63) is 29.8 Å². The minimum absolute atomic E-state index is 0.201. The van der Waals surface area contributed by atoms with Crippen molar-refractivity contribution in [1.82, 2.24) is 0 Å². The third kappa shape index (κ3) is 3.15. The fourth-order valence-electron chi connectivity index (χ4n) is 2.22. The first-order valence-electron chi connectivity index (χ1n) is 6.55. The van der Waals surface area contributed by atoms with E-state index in [2.05, 4.69) is 0 Å². The molecule has 4 atom stereocenters. The Morgan fingerprint density at radius 2 is 1.23 bits per heavy atom. The summed E-state index contributed by atoms with van der Waals surface area (Å²) in [7, 11) is -4.33. The van der Waals surface area contributed by atoms with Crippen LogP contribution in [-0.2, 0) is 14.3 Å². The molecule has 8 nitrogen and oxygen atoms in total. The molecule has 9 heteroatoms. The lowest BCUT2D eigenvalue weighted by Gasteiger charge is -2.40. The van der Waals surface area contributed by atoms with Gasteiger partial charge in [-0.25, -0.2) is 0 Å². The summed E-state index contributed by atoms with van der Waals surface area (Å²) in [6.07, 6.45) is -11.1. The monoisotopic (exact) mass is 334 g/mol. The van der Waals surface area contributed by atoms with E-state index in [0.29, 0.717) is 0 Å². The summed E-state index contributed by atoms with van der Waals surface area (Å²) < 4.78 is 29.0. The Kier molecular flexibility index (Phi) is 4.87. The number of aliphatic hydroxyl groups excluding tert-OH is 5. The fraction of sp³-hybridized carbons (Fsp3) is 0.538. The maximum atomic E-state index is 12.1. The van der Waals surface area contributed by atoms with E-state index < -0.39 is 46.7 Å². The third-order valence-corrected chi connectivity index (χ3v) is 4.95. The summed E-state index contributed by atoms with van der Waals surface area (Å²) in [6, 6.07) is 5.65. The van der Waals surface area contributed by atoms with Crippen LogP contribution in [0.15, 0.2) is 29.2 Å². The first kappa shape index (κ1) is 17.3. The molecule has 1 aliphatic carbocycles. The van der Waals surface area contributed by atoms with Crippen LogP contribution in [0.3, 0.4) is 0 Å². The van der Waals surface area contributed by atoms with Crippen LogP contribution < -0.4 is 0 Å². The molecule has 0 saturated heterocycles. The van der Waals surface area contributed by atoms with Gasteiger partial charge in [0.15, 0.2) is 0 Å². The number of rotatable bonds is 3. The SMILES string of the molecule is Cc1ccc(S(=O)(=O)OC2C(O)C(O)C(O)C(O)C2O)cc1. The van der Waals surface area contributed by atoms with Crippen LogP contribution in [0.5, 0.6) is 0 Å². The molecule has 4 unspecified atom stereocenters. The second-order valence-corrected chi connectivity index (χ2v) is 6.85. The smallest absolute Gasteiger partial charge is 0.297 e. The van der Waals surface area contributed by atoms with Gasteiger partial charge in [-0.3, -0.25) is 4.18 Å². The van der Waals surface area contributed by atoms with Gasteiger partial charge in [0.25, 0.3) is 10.1 Å². The Balaban J connectivity index is 2.26. The normalized spacial score (nSPS) is 36.3. The second-order valence-electron chi connectivity index (χ2n) is 5.28. The zero-order valence-corrected chi connectivity index (χ0v) is 12.5. The van der Waals surface area contributed by atoms with Gasteiger partial charge in [0.2, 0.25) is 0 Å². The lowest BCUT2D eigenvalue weighted by atomic mass is 9.85. The van der Waals surface area contributed by atoms with Crippen LogP contribution in [0.25, 0.3) is 0 Å². The largest absolute Gasteiger partial charge is 0.387 e. The van der Waals surface area contributed by atoms with E-state index in [1.807, 2.05) is 0 Å². The number of hydrogen-bond donors (Lipinski definition) is 5. The van der Waals surface area contributed by atoms with Gasteiger partial charge in [-0.15, -0.1) is 0 Å². The van der Waals surface area contributed by atoms with Crippen molar-refractivity contribution in [3.8, 4) is 0 Å².